The first kappa shape index (κ1) is 9.20. The summed E-state index contributed by atoms with van der Waals surface area (Å²) in [6, 6.07) is 3.23. The number of hydrogen-bond acceptors (Lipinski definition) is 1. The Morgan fingerprint density at radius 1 is 1.42 bits per heavy atom. The molecule has 0 spiro atoms. The van der Waals surface area contributed by atoms with E-state index >= 15 is 0 Å². The van der Waals surface area contributed by atoms with Gasteiger partial charge in [0.2, 0.25) is 0 Å². The summed E-state index contributed by atoms with van der Waals surface area (Å²) in [5.74, 6) is 0. The third-order valence-corrected chi connectivity index (χ3v) is 2.36. The molecule has 0 radical (unpaired) electrons. The topological polar surface area (TPSA) is 48.8 Å². The maximum atomic E-state index is 8.19. The molecule has 0 aromatic heterocycles. The maximum Gasteiger partial charge on any atom is 0.0626 e. The first-order valence-electron chi connectivity index (χ1n) is 3.16. The van der Waals surface area contributed by atoms with Crippen molar-refractivity contribution in [1.29, 1.82) is 0 Å². The van der Waals surface area contributed by atoms with Crippen LogP contribution in [0.3, 0.4) is 0 Å². The van der Waals surface area contributed by atoms with Crippen LogP contribution in [-0.2, 0) is 0 Å². The van der Waals surface area contributed by atoms with E-state index < -0.39 is 0 Å². The van der Waals surface area contributed by atoms with E-state index in [9.17, 15) is 0 Å². The van der Waals surface area contributed by atoms with Gasteiger partial charge in [0.15, 0.2) is 0 Å². The van der Waals surface area contributed by atoms with Crippen LogP contribution in [0.2, 0.25) is 10.0 Å². The van der Waals surface area contributed by atoms with Crippen molar-refractivity contribution >= 4 is 28.9 Å². The van der Waals surface area contributed by atoms with Crippen molar-refractivity contribution in [2.24, 2.45) is 5.11 Å². The molecule has 0 fully saturated rings. The minimum Gasteiger partial charge on any atom is -0.0827 e. The van der Waals surface area contributed by atoms with Gasteiger partial charge in [0.05, 0.1) is 10.0 Å². The monoisotopic (exact) mass is 201 g/mol. The van der Waals surface area contributed by atoms with Gasteiger partial charge in [-0.15, -0.1) is 0 Å². The molecular weight excluding hydrogens is 197 g/mol. The summed E-state index contributed by atoms with van der Waals surface area (Å²) in [5, 5.41) is 4.34. The summed E-state index contributed by atoms with van der Waals surface area (Å²) in [6.07, 6.45) is 0. The largest absolute Gasteiger partial charge is 0.0827 e. The van der Waals surface area contributed by atoms with Crippen LogP contribution in [0.4, 0.5) is 5.69 Å². The molecule has 3 nitrogen and oxygen atoms in total. The van der Waals surface area contributed by atoms with Gasteiger partial charge >= 0.3 is 0 Å². The van der Waals surface area contributed by atoms with Crippen molar-refractivity contribution in [1.82, 2.24) is 0 Å². The van der Waals surface area contributed by atoms with Crippen molar-refractivity contribution in [3.63, 3.8) is 0 Å². The van der Waals surface area contributed by atoms with Crippen molar-refractivity contribution < 1.29 is 0 Å². The Labute approximate surface area is 79.5 Å². The van der Waals surface area contributed by atoms with Crippen LogP contribution in [0.5, 0.6) is 0 Å². The minimum absolute atomic E-state index is 0.432. The summed E-state index contributed by atoms with van der Waals surface area (Å²) in [6.45, 7) is 1.75. The quantitative estimate of drug-likeness (QED) is 0.371. The van der Waals surface area contributed by atoms with Gasteiger partial charge in [0, 0.05) is 10.6 Å². The molecule has 1 aromatic carbocycles. The van der Waals surface area contributed by atoms with Gasteiger partial charge in [0.25, 0.3) is 0 Å². The molecule has 12 heavy (non-hydrogen) atoms. The highest BCUT2D eigenvalue weighted by Gasteiger charge is 2.04. The highest BCUT2D eigenvalue weighted by Crippen LogP contribution is 2.32. The van der Waals surface area contributed by atoms with E-state index in [1.807, 2.05) is 0 Å². The van der Waals surface area contributed by atoms with Gasteiger partial charge < -0.3 is 0 Å². The molecule has 5 heteroatoms. The number of rotatable bonds is 1. The van der Waals surface area contributed by atoms with Gasteiger partial charge in [-0.2, -0.15) is 0 Å². The average Bonchev–Trinajstić information content (AvgIpc) is 2.07. The Hall–Kier alpha value is -0.890. The molecule has 0 atom stereocenters. The van der Waals surface area contributed by atoms with E-state index in [1.165, 1.54) is 0 Å². The van der Waals surface area contributed by atoms with E-state index in [0.29, 0.717) is 21.3 Å². The standard InChI is InChI=1S/C7H5Cl2N3/c1-4-6(11-12-10)3-2-5(8)7(4)9/h2-3H,1H3. The van der Waals surface area contributed by atoms with E-state index in [4.69, 9.17) is 28.7 Å². The van der Waals surface area contributed by atoms with Gasteiger partial charge in [-0.25, -0.2) is 0 Å². The lowest BCUT2D eigenvalue weighted by Crippen LogP contribution is -1.76. The van der Waals surface area contributed by atoms with Crippen molar-refractivity contribution in [3.05, 3.63) is 38.2 Å². The summed E-state index contributed by atoms with van der Waals surface area (Å²) in [7, 11) is 0. The molecule has 1 aromatic rings. The third-order valence-electron chi connectivity index (χ3n) is 1.46. The van der Waals surface area contributed by atoms with Crippen LogP contribution in [0, 0.1) is 6.92 Å². The molecule has 0 aliphatic rings. The fourth-order valence-electron chi connectivity index (χ4n) is 0.798. The smallest absolute Gasteiger partial charge is 0.0626 e. The van der Waals surface area contributed by atoms with Gasteiger partial charge in [0.1, 0.15) is 0 Å². The zero-order valence-corrected chi connectivity index (χ0v) is 7.76. The molecule has 0 amide bonds. The summed E-state index contributed by atoms with van der Waals surface area (Å²) >= 11 is 11.5. The minimum atomic E-state index is 0.432. The normalized spacial score (nSPS) is 9.25. The van der Waals surface area contributed by atoms with Crippen LogP contribution in [0.15, 0.2) is 17.2 Å². The molecule has 1 rings (SSSR count). The van der Waals surface area contributed by atoms with E-state index in [2.05, 4.69) is 10.0 Å². The second kappa shape index (κ2) is 3.68. The van der Waals surface area contributed by atoms with E-state index in [-0.39, 0.29) is 0 Å². The SMILES string of the molecule is Cc1c(N=[N+]=[N-])ccc(Cl)c1Cl. The second-order valence-electron chi connectivity index (χ2n) is 2.19. The van der Waals surface area contributed by atoms with Crippen molar-refractivity contribution in [2.45, 2.75) is 6.92 Å². The molecule has 62 valence electrons. The maximum absolute atomic E-state index is 8.19. The van der Waals surface area contributed by atoms with Crippen LogP contribution < -0.4 is 0 Å². The first-order chi connectivity index (χ1) is 5.66. The third kappa shape index (κ3) is 1.64. The van der Waals surface area contributed by atoms with Crippen molar-refractivity contribution in [3.8, 4) is 0 Å². The van der Waals surface area contributed by atoms with Crippen LogP contribution >= 0.6 is 23.2 Å². The van der Waals surface area contributed by atoms with Gasteiger partial charge in [-0.1, -0.05) is 34.4 Å². The molecule has 0 N–H and O–H groups in total. The lowest BCUT2D eigenvalue weighted by molar-refractivity contribution is 1.38. The lowest BCUT2D eigenvalue weighted by atomic mass is 10.2. The molecule has 0 unspecified atom stereocenters. The zero-order valence-electron chi connectivity index (χ0n) is 6.25. The number of azide groups is 1. The summed E-state index contributed by atoms with van der Waals surface area (Å²) < 4.78 is 0. The Bertz CT molecular complexity index is 356. The Morgan fingerprint density at radius 2 is 2.08 bits per heavy atom. The molecule has 0 bridgehead atoms. The lowest BCUT2D eigenvalue weighted by Gasteiger charge is -2.02. The Kier molecular flexibility index (Phi) is 2.82. The van der Waals surface area contributed by atoms with E-state index in [1.54, 1.807) is 19.1 Å². The van der Waals surface area contributed by atoms with E-state index in [0.717, 1.165) is 0 Å². The molecule has 0 aliphatic carbocycles. The van der Waals surface area contributed by atoms with Gasteiger partial charge in [-0.3, -0.25) is 0 Å². The summed E-state index contributed by atoms with van der Waals surface area (Å²) in [4.78, 5) is 2.66. The summed E-state index contributed by atoms with van der Waals surface area (Å²) in [5.41, 5.74) is 9.39. The fraction of sp³-hybridized carbons (Fsp3) is 0.143. The molecule has 0 saturated heterocycles. The predicted molar refractivity (Wildman–Crippen MR) is 50.0 cm³/mol. The molecule has 0 saturated carbocycles. The highest BCUT2D eigenvalue weighted by molar-refractivity contribution is 6.42. The second-order valence-corrected chi connectivity index (χ2v) is 2.98. The molecule has 0 heterocycles. The molecule has 0 aliphatic heterocycles. The predicted octanol–water partition coefficient (Wildman–Crippen LogP) is 4.24. The Balaban J connectivity index is 3.35. The first-order valence-corrected chi connectivity index (χ1v) is 3.92. The van der Waals surface area contributed by atoms with Crippen LogP contribution in [0.1, 0.15) is 5.56 Å². The van der Waals surface area contributed by atoms with Gasteiger partial charge in [-0.05, 0) is 24.1 Å². The number of halogens is 2. The highest BCUT2D eigenvalue weighted by atomic mass is 35.5. The zero-order chi connectivity index (χ0) is 9.14. The average molecular weight is 202 g/mol. The fourth-order valence-corrected chi connectivity index (χ4v) is 1.16. The number of nitrogens with zero attached hydrogens (tertiary/aromatic N) is 3. The van der Waals surface area contributed by atoms with Crippen LogP contribution in [-0.4, -0.2) is 0 Å². The van der Waals surface area contributed by atoms with Crippen molar-refractivity contribution in [2.75, 3.05) is 0 Å². The molecular formula is C7H5Cl2N3. The number of benzene rings is 1. The Morgan fingerprint density at radius 3 is 2.67 bits per heavy atom. The number of hydrogen-bond donors (Lipinski definition) is 0. The van der Waals surface area contributed by atoms with Crippen LogP contribution in [0.25, 0.3) is 10.4 Å².